The van der Waals surface area contributed by atoms with Crippen LogP contribution >= 0.6 is 0 Å². The smallest absolute Gasteiger partial charge is 0.201 e. The lowest BCUT2D eigenvalue weighted by atomic mass is 10.1. The van der Waals surface area contributed by atoms with Gasteiger partial charge >= 0.3 is 0 Å². The highest BCUT2D eigenvalue weighted by molar-refractivity contribution is 5.79. The molecule has 1 aromatic heterocycles. The number of fused-ring (bicyclic) bond motifs is 1. The van der Waals surface area contributed by atoms with Gasteiger partial charge in [-0.05, 0) is 43.4 Å². The van der Waals surface area contributed by atoms with Gasteiger partial charge in [-0.15, -0.1) is 0 Å². The first-order valence-corrected chi connectivity index (χ1v) is 6.54. The third kappa shape index (κ3) is 2.08. The van der Waals surface area contributed by atoms with E-state index in [1.54, 1.807) is 0 Å². The average Bonchev–Trinajstić information content (AvgIpc) is 2.94. The molecule has 18 heavy (non-hydrogen) atoms. The van der Waals surface area contributed by atoms with E-state index in [1.807, 2.05) is 6.07 Å². The van der Waals surface area contributed by atoms with Gasteiger partial charge in [0.25, 0.3) is 0 Å². The minimum Gasteiger partial charge on any atom is -0.381 e. The standard InChI is InChI=1S/C14H19N3O/c1-10-2-3-12-13(8-10)17(14(15)16-12)6-4-11-5-7-18-9-11/h2-3,8,11H,4-7,9H2,1H3,(H2,15,16). The number of nitrogens with two attached hydrogens (primary N) is 1. The summed E-state index contributed by atoms with van der Waals surface area (Å²) in [5.41, 5.74) is 9.38. The van der Waals surface area contributed by atoms with Gasteiger partial charge in [-0.25, -0.2) is 4.98 Å². The third-order valence-corrected chi connectivity index (χ3v) is 3.72. The van der Waals surface area contributed by atoms with E-state index in [0.29, 0.717) is 11.9 Å². The van der Waals surface area contributed by atoms with Crippen molar-refractivity contribution < 1.29 is 4.74 Å². The Morgan fingerprint density at radius 3 is 3.17 bits per heavy atom. The van der Waals surface area contributed by atoms with E-state index in [9.17, 15) is 0 Å². The topological polar surface area (TPSA) is 53.1 Å². The van der Waals surface area contributed by atoms with E-state index >= 15 is 0 Å². The molecule has 1 saturated heterocycles. The van der Waals surface area contributed by atoms with Crippen LogP contribution in [0, 0.1) is 12.8 Å². The molecule has 2 heterocycles. The van der Waals surface area contributed by atoms with Crippen molar-refractivity contribution in [2.45, 2.75) is 26.3 Å². The van der Waals surface area contributed by atoms with Crippen LogP contribution in [-0.4, -0.2) is 22.8 Å². The number of anilines is 1. The van der Waals surface area contributed by atoms with E-state index in [-0.39, 0.29) is 0 Å². The maximum Gasteiger partial charge on any atom is 0.201 e. The monoisotopic (exact) mass is 245 g/mol. The third-order valence-electron chi connectivity index (χ3n) is 3.72. The molecule has 1 fully saturated rings. The van der Waals surface area contributed by atoms with Crippen molar-refractivity contribution in [1.29, 1.82) is 0 Å². The Morgan fingerprint density at radius 1 is 1.50 bits per heavy atom. The molecule has 1 unspecified atom stereocenters. The number of rotatable bonds is 3. The number of benzene rings is 1. The molecule has 0 bridgehead atoms. The molecule has 1 aromatic carbocycles. The number of nitrogens with zero attached hydrogens (tertiary/aromatic N) is 2. The van der Waals surface area contributed by atoms with Crippen molar-refractivity contribution >= 4 is 17.0 Å². The lowest BCUT2D eigenvalue weighted by Crippen LogP contribution is -2.08. The van der Waals surface area contributed by atoms with Gasteiger partial charge in [0.05, 0.1) is 11.0 Å². The van der Waals surface area contributed by atoms with Crippen LogP contribution in [0.25, 0.3) is 11.0 Å². The maximum atomic E-state index is 6.01. The number of hydrogen-bond donors (Lipinski definition) is 1. The molecular weight excluding hydrogens is 226 g/mol. The van der Waals surface area contributed by atoms with Crippen molar-refractivity contribution in [1.82, 2.24) is 9.55 Å². The Labute approximate surface area is 107 Å². The predicted molar refractivity (Wildman–Crippen MR) is 72.4 cm³/mol. The van der Waals surface area contributed by atoms with E-state index in [2.05, 4.69) is 28.6 Å². The van der Waals surface area contributed by atoms with Gasteiger partial charge in [0.15, 0.2) is 0 Å². The van der Waals surface area contributed by atoms with Gasteiger partial charge in [-0.2, -0.15) is 0 Å². The summed E-state index contributed by atoms with van der Waals surface area (Å²) in [5, 5.41) is 0. The molecule has 0 saturated carbocycles. The lowest BCUT2D eigenvalue weighted by Gasteiger charge is -2.10. The number of aromatic nitrogens is 2. The zero-order valence-corrected chi connectivity index (χ0v) is 10.7. The average molecular weight is 245 g/mol. The fraction of sp³-hybridized carbons (Fsp3) is 0.500. The van der Waals surface area contributed by atoms with Crippen LogP contribution < -0.4 is 5.73 Å². The molecule has 2 N–H and O–H groups in total. The summed E-state index contributed by atoms with van der Waals surface area (Å²) in [6, 6.07) is 6.27. The van der Waals surface area contributed by atoms with Crippen LogP contribution in [0.2, 0.25) is 0 Å². The van der Waals surface area contributed by atoms with Crippen molar-refractivity contribution in [2.75, 3.05) is 18.9 Å². The van der Waals surface area contributed by atoms with Gasteiger partial charge in [0.1, 0.15) is 0 Å². The number of hydrogen-bond acceptors (Lipinski definition) is 3. The highest BCUT2D eigenvalue weighted by Crippen LogP contribution is 2.22. The summed E-state index contributed by atoms with van der Waals surface area (Å²) in [5.74, 6) is 1.29. The molecule has 0 amide bonds. The fourth-order valence-electron chi connectivity index (χ4n) is 2.61. The normalized spacial score (nSPS) is 19.7. The molecule has 4 nitrogen and oxygen atoms in total. The summed E-state index contributed by atoms with van der Waals surface area (Å²) < 4.78 is 7.53. The largest absolute Gasteiger partial charge is 0.381 e. The second-order valence-electron chi connectivity index (χ2n) is 5.13. The highest BCUT2D eigenvalue weighted by atomic mass is 16.5. The van der Waals surface area contributed by atoms with Crippen molar-refractivity contribution in [2.24, 2.45) is 5.92 Å². The van der Waals surface area contributed by atoms with Gasteiger partial charge in [0, 0.05) is 19.8 Å². The summed E-state index contributed by atoms with van der Waals surface area (Å²) in [4.78, 5) is 4.41. The van der Waals surface area contributed by atoms with Crippen LogP contribution in [-0.2, 0) is 11.3 Å². The first-order valence-electron chi connectivity index (χ1n) is 6.54. The molecular formula is C14H19N3O. The van der Waals surface area contributed by atoms with Crippen LogP contribution in [0.3, 0.4) is 0 Å². The lowest BCUT2D eigenvalue weighted by molar-refractivity contribution is 0.183. The van der Waals surface area contributed by atoms with Crippen LogP contribution in [0.1, 0.15) is 18.4 Å². The zero-order valence-electron chi connectivity index (χ0n) is 10.7. The number of ether oxygens (including phenoxy) is 1. The molecule has 0 radical (unpaired) electrons. The van der Waals surface area contributed by atoms with Crippen molar-refractivity contribution in [3.8, 4) is 0 Å². The number of aryl methyl sites for hydroxylation is 2. The predicted octanol–water partition coefficient (Wildman–Crippen LogP) is 2.35. The SMILES string of the molecule is Cc1ccc2nc(N)n(CCC3CCOC3)c2c1. The fourth-order valence-corrected chi connectivity index (χ4v) is 2.61. The van der Waals surface area contributed by atoms with Gasteiger partial charge in [0.2, 0.25) is 5.95 Å². The van der Waals surface area contributed by atoms with Gasteiger partial charge in [-0.1, -0.05) is 6.07 Å². The first kappa shape index (κ1) is 11.5. The van der Waals surface area contributed by atoms with E-state index in [1.165, 1.54) is 12.0 Å². The van der Waals surface area contributed by atoms with E-state index in [4.69, 9.17) is 10.5 Å². The second-order valence-corrected chi connectivity index (χ2v) is 5.13. The van der Waals surface area contributed by atoms with Crippen LogP contribution in [0.5, 0.6) is 0 Å². The van der Waals surface area contributed by atoms with Crippen molar-refractivity contribution in [3.63, 3.8) is 0 Å². The molecule has 1 aliphatic heterocycles. The molecule has 3 rings (SSSR count). The molecule has 1 aliphatic rings. The molecule has 0 spiro atoms. The Balaban J connectivity index is 1.85. The molecule has 0 aliphatic carbocycles. The zero-order chi connectivity index (χ0) is 12.5. The minimum atomic E-state index is 0.620. The van der Waals surface area contributed by atoms with E-state index < -0.39 is 0 Å². The Hall–Kier alpha value is -1.55. The van der Waals surface area contributed by atoms with Gasteiger partial charge in [-0.3, -0.25) is 0 Å². The maximum absolute atomic E-state index is 6.01. The molecule has 4 heteroatoms. The molecule has 1 atom stereocenters. The van der Waals surface area contributed by atoms with Crippen LogP contribution in [0.15, 0.2) is 18.2 Å². The Morgan fingerprint density at radius 2 is 2.39 bits per heavy atom. The first-order chi connectivity index (χ1) is 8.74. The highest BCUT2D eigenvalue weighted by Gasteiger charge is 2.16. The minimum absolute atomic E-state index is 0.620. The van der Waals surface area contributed by atoms with Gasteiger partial charge < -0.3 is 15.0 Å². The summed E-state index contributed by atoms with van der Waals surface area (Å²) in [6.45, 7) is 4.83. The molecule has 2 aromatic rings. The van der Waals surface area contributed by atoms with E-state index in [0.717, 1.165) is 37.2 Å². The number of imidazole rings is 1. The summed E-state index contributed by atoms with van der Waals surface area (Å²) in [7, 11) is 0. The quantitative estimate of drug-likeness (QED) is 0.903. The van der Waals surface area contributed by atoms with Crippen LogP contribution in [0.4, 0.5) is 5.95 Å². The summed E-state index contributed by atoms with van der Waals surface area (Å²) in [6.07, 6.45) is 2.29. The number of nitrogen functional groups attached to an aromatic ring is 1. The second kappa shape index (κ2) is 4.61. The Kier molecular flexibility index (Phi) is 2.96. The summed E-state index contributed by atoms with van der Waals surface area (Å²) >= 11 is 0. The Bertz CT molecular complexity index is 555. The van der Waals surface area contributed by atoms with Crippen molar-refractivity contribution in [3.05, 3.63) is 23.8 Å². The molecule has 96 valence electrons.